The molecule has 0 aliphatic carbocycles. The van der Waals surface area contributed by atoms with E-state index in [1.165, 1.54) is 76.1 Å². The van der Waals surface area contributed by atoms with Gasteiger partial charge in [-0.05, 0) is 126 Å². The van der Waals surface area contributed by atoms with Crippen LogP contribution < -0.4 is 4.90 Å². The Morgan fingerprint density at radius 2 is 0.804 bits per heavy atom. The average molecular weight is 714 g/mol. The van der Waals surface area contributed by atoms with Crippen LogP contribution in [0, 0.1) is 0 Å². The van der Waals surface area contributed by atoms with E-state index in [9.17, 15) is 0 Å². The molecule has 0 aromatic heterocycles. The number of rotatable bonds is 7. The van der Waals surface area contributed by atoms with Crippen molar-refractivity contribution in [3.8, 4) is 22.3 Å². The van der Waals surface area contributed by atoms with Gasteiger partial charge in [0.15, 0.2) is 0 Å². The van der Waals surface area contributed by atoms with Gasteiger partial charge in [0.25, 0.3) is 0 Å². The molecule has 1 heteroatoms. The summed E-state index contributed by atoms with van der Waals surface area (Å²) >= 11 is 0. The van der Waals surface area contributed by atoms with E-state index in [1.807, 2.05) is 6.08 Å². The average Bonchev–Trinajstić information content (AvgIpc) is 3.27. The summed E-state index contributed by atoms with van der Waals surface area (Å²) in [6, 6.07) is 68.7. The Bertz CT molecular complexity index is 2990. The second kappa shape index (κ2) is 13.9. The first kappa shape index (κ1) is 33.4. The topological polar surface area (TPSA) is 3.24 Å². The molecule has 1 nitrogen and oxygen atoms in total. The summed E-state index contributed by atoms with van der Waals surface area (Å²) in [6.07, 6.45) is 6.32. The lowest BCUT2D eigenvalue weighted by atomic mass is 9.92. The Labute approximate surface area is 327 Å². The number of allylic oxidation sites excluding steroid dienone is 1. The summed E-state index contributed by atoms with van der Waals surface area (Å²) in [6.45, 7) is 6.34. The van der Waals surface area contributed by atoms with Crippen molar-refractivity contribution in [2.45, 2.75) is 6.92 Å². The summed E-state index contributed by atoms with van der Waals surface area (Å²) < 4.78 is 0. The fourth-order valence-electron chi connectivity index (χ4n) is 8.69. The van der Waals surface area contributed by atoms with E-state index in [4.69, 9.17) is 0 Å². The Balaban J connectivity index is 1.17. The molecular formula is C55H39N. The summed E-state index contributed by atoms with van der Waals surface area (Å²) in [5.41, 5.74) is 10.4. The van der Waals surface area contributed by atoms with E-state index in [0.29, 0.717) is 0 Å². The van der Waals surface area contributed by atoms with E-state index in [1.54, 1.807) is 0 Å². The van der Waals surface area contributed by atoms with Gasteiger partial charge in [0, 0.05) is 22.3 Å². The number of anilines is 3. The van der Waals surface area contributed by atoms with Gasteiger partial charge in [0.1, 0.15) is 0 Å². The third kappa shape index (κ3) is 5.56. The van der Waals surface area contributed by atoms with Crippen molar-refractivity contribution in [1.29, 1.82) is 0 Å². The van der Waals surface area contributed by atoms with E-state index < -0.39 is 0 Å². The number of benzene rings is 10. The highest BCUT2D eigenvalue weighted by Crippen LogP contribution is 2.45. The van der Waals surface area contributed by atoms with Crippen molar-refractivity contribution in [3.63, 3.8) is 0 Å². The van der Waals surface area contributed by atoms with Crippen molar-refractivity contribution in [3.05, 3.63) is 212 Å². The third-order valence-corrected chi connectivity index (χ3v) is 11.3. The Morgan fingerprint density at radius 1 is 0.411 bits per heavy atom. The summed E-state index contributed by atoms with van der Waals surface area (Å²) in [5.74, 6) is 0. The third-order valence-electron chi connectivity index (χ3n) is 11.3. The van der Waals surface area contributed by atoms with Gasteiger partial charge >= 0.3 is 0 Å². The summed E-state index contributed by atoms with van der Waals surface area (Å²) in [5, 5.41) is 12.5. The summed E-state index contributed by atoms with van der Waals surface area (Å²) in [7, 11) is 0. The highest BCUT2D eigenvalue weighted by molar-refractivity contribution is 6.15. The van der Waals surface area contributed by atoms with Gasteiger partial charge in [0.05, 0.1) is 5.69 Å². The molecule has 0 atom stereocenters. The zero-order chi connectivity index (χ0) is 37.6. The Kier molecular flexibility index (Phi) is 8.27. The molecule has 0 saturated heterocycles. The maximum atomic E-state index is 4.26. The molecule has 0 spiro atoms. The van der Waals surface area contributed by atoms with Crippen molar-refractivity contribution >= 4 is 83.1 Å². The monoisotopic (exact) mass is 713 g/mol. The first-order chi connectivity index (χ1) is 27.7. The highest BCUT2D eigenvalue weighted by Gasteiger charge is 2.21. The van der Waals surface area contributed by atoms with Crippen LogP contribution in [0.2, 0.25) is 0 Å². The molecule has 0 aliphatic rings. The zero-order valence-electron chi connectivity index (χ0n) is 31.3. The predicted octanol–water partition coefficient (Wildman–Crippen LogP) is 15.9. The van der Waals surface area contributed by atoms with Gasteiger partial charge < -0.3 is 4.90 Å². The van der Waals surface area contributed by atoms with Crippen LogP contribution in [-0.2, 0) is 0 Å². The normalized spacial score (nSPS) is 11.7. The SMILES string of the molecule is C=Cc1cc2ccccc2c(N(c2ccc(-c3cc4ccccc4c4ccccc34)cc2)c2ccc(-c3cc4ccccc4c4ccccc34)cc2)c1/C=C\C. The largest absolute Gasteiger partial charge is 0.309 e. The van der Waals surface area contributed by atoms with Crippen molar-refractivity contribution < 1.29 is 0 Å². The molecule has 10 aromatic rings. The lowest BCUT2D eigenvalue weighted by Crippen LogP contribution is -2.12. The molecule has 0 fully saturated rings. The number of nitrogens with zero attached hydrogens (tertiary/aromatic N) is 1. The maximum absolute atomic E-state index is 4.26. The fourth-order valence-corrected chi connectivity index (χ4v) is 8.69. The molecule has 0 aliphatic heterocycles. The van der Waals surface area contributed by atoms with Crippen LogP contribution in [0.5, 0.6) is 0 Å². The van der Waals surface area contributed by atoms with Crippen molar-refractivity contribution in [2.75, 3.05) is 4.90 Å². The molecule has 10 rings (SSSR count). The van der Waals surface area contributed by atoms with Crippen molar-refractivity contribution in [1.82, 2.24) is 0 Å². The molecule has 0 amide bonds. The number of fused-ring (bicyclic) bond motifs is 7. The highest BCUT2D eigenvalue weighted by atomic mass is 15.1. The molecule has 0 saturated carbocycles. The van der Waals surface area contributed by atoms with Gasteiger partial charge in [-0.2, -0.15) is 0 Å². The van der Waals surface area contributed by atoms with Gasteiger partial charge in [-0.3, -0.25) is 0 Å². The first-order valence-corrected chi connectivity index (χ1v) is 19.3. The van der Waals surface area contributed by atoms with Gasteiger partial charge in [-0.25, -0.2) is 0 Å². The minimum Gasteiger partial charge on any atom is -0.309 e. The molecule has 56 heavy (non-hydrogen) atoms. The minimum atomic E-state index is 1.08. The van der Waals surface area contributed by atoms with Crippen LogP contribution in [-0.4, -0.2) is 0 Å². The van der Waals surface area contributed by atoms with Gasteiger partial charge in [-0.1, -0.05) is 170 Å². The fraction of sp³-hybridized carbons (Fsp3) is 0.0182. The summed E-state index contributed by atoms with van der Waals surface area (Å²) in [4.78, 5) is 2.43. The molecular weight excluding hydrogens is 675 g/mol. The van der Waals surface area contributed by atoms with Gasteiger partial charge in [-0.15, -0.1) is 0 Å². The predicted molar refractivity (Wildman–Crippen MR) is 244 cm³/mol. The molecule has 0 unspecified atom stereocenters. The maximum Gasteiger partial charge on any atom is 0.0618 e. The van der Waals surface area contributed by atoms with E-state index in [2.05, 4.69) is 219 Å². The van der Waals surface area contributed by atoms with Crippen LogP contribution in [0.1, 0.15) is 18.1 Å². The molecule has 0 heterocycles. The Hall–Kier alpha value is -7.22. The van der Waals surface area contributed by atoms with E-state index in [0.717, 1.165) is 28.2 Å². The van der Waals surface area contributed by atoms with Crippen LogP contribution in [0.3, 0.4) is 0 Å². The number of hydrogen-bond acceptors (Lipinski definition) is 1. The smallest absolute Gasteiger partial charge is 0.0618 e. The quantitative estimate of drug-likeness (QED) is 0.149. The lowest BCUT2D eigenvalue weighted by Gasteiger charge is -2.30. The molecule has 10 aromatic carbocycles. The van der Waals surface area contributed by atoms with E-state index in [-0.39, 0.29) is 0 Å². The minimum absolute atomic E-state index is 1.08. The molecule has 264 valence electrons. The second-order valence-corrected chi connectivity index (χ2v) is 14.5. The van der Waals surface area contributed by atoms with Crippen LogP contribution in [0.15, 0.2) is 201 Å². The second-order valence-electron chi connectivity index (χ2n) is 14.5. The molecule has 0 bridgehead atoms. The van der Waals surface area contributed by atoms with Gasteiger partial charge in [0.2, 0.25) is 0 Å². The standard InChI is InChI=1S/C55H39N/c1-3-15-47-37(4-2)34-40-16-7-10-21-48(40)55(47)56(43-30-26-38(27-31-43)53-35-41-17-5-8-19-45(41)49-22-11-13-24-51(49)53)44-32-28-39(29-33-44)54-36-42-18-6-9-20-46(42)50-23-12-14-25-52(50)54/h3-36H,2H2,1H3/b15-3-. The number of hydrogen-bond donors (Lipinski definition) is 0. The zero-order valence-corrected chi connectivity index (χ0v) is 31.3. The molecule has 0 N–H and O–H groups in total. The van der Waals surface area contributed by atoms with E-state index >= 15 is 0 Å². The van der Waals surface area contributed by atoms with Crippen LogP contribution in [0.4, 0.5) is 17.1 Å². The van der Waals surface area contributed by atoms with Crippen LogP contribution >= 0.6 is 0 Å². The Morgan fingerprint density at radius 3 is 1.25 bits per heavy atom. The van der Waals surface area contributed by atoms with Crippen molar-refractivity contribution in [2.24, 2.45) is 0 Å². The first-order valence-electron chi connectivity index (χ1n) is 19.3. The van der Waals surface area contributed by atoms with Crippen LogP contribution in [0.25, 0.3) is 88.3 Å². The molecule has 0 radical (unpaired) electrons. The lowest BCUT2D eigenvalue weighted by molar-refractivity contribution is 1.29.